The van der Waals surface area contributed by atoms with Crippen molar-refractivity contribution >= 4 is 22.7 Å². The lowest BCUT2D eigenvalue weighted by Gasteiger charge is -2.17. The van der Waals surface area contributed by atoms with Gasteiger partial charge in [0.1, 0.15) is 12.4 Å². The number of aromatic nitrogens is 2. The van der Waals surface area contributed by atoms with Gasteiger partial charge in [0.25, 0.3) is 0 Å². The Bertz CT molecular complexity index is 1220. The molecule has 2 N–H and O–H groups in total. The zero-order chi connectivity index (χ0) is 20.3. The van der Waals surface area contributed by atoms with Crippen LogP contribution in [0.2, 0.25) is 0 Å². The number of pyridine rings is 2. The molecule has 2 atom stereocenters. The average Bonchev–Trinajstić information content (AvgIpc) is 3.20. The van der Waals surface area contributed by atoms with Gasteiger partial charge in [0.2, 0.25) is 0 Å². The van der Waals surface area contributed by atoms with Crippen LogP contribution in [0.15, 0.2) is 84.4 Å². The van der Waals surface area contributed by atoms with Gasteiger partial charge in [-0.3, -0.25) is 15.0 Å². The summed E-state index contributed by atoms with van der Waals surface area (Å²) in [4.78, 5) is 13.0. The van der Waals surface area contributed by atoms with Crippen molar-refractivity contribution in [3.8, 4) is 16.9 Å². The molecule has 148 valence electrons. The summed E-state index contributed by atoms with van der Waals surface area (Å²) in [6.45, 7) is 0.432. The summed E-state index contributed by atoms with van der Waals surface area (Å²) in [6.07, 6.45) is 10.0. The molecule has 5 rings (SSSR count). The van der Waals surface area contributed by atoms with Gasteiger partial charge in [-0.25, -0.2) is 0 Å². The van der Waals surface area contributed by atoms with Crippen LogP contribution in [0.25, 0.3) is 21.9 Å². The van der Waals surface area contributed by atoms with Gasteiger partial charge in [0.05, 0.1) is 11.9 Å². The quantitative estimate of drug-likeness (QED) is 0.505. The van der Waals surface area contributed by atoms with Crippen LogP contribution >= 0.6 is 0 Å². The molecule has 0 amide bonds. The Labute approximate surface area is 175 Å². The monoisotopic (exact) mass is 394 g/mol. The van der Waals surface area contributed by atoms with Crippen LogP contribution in [0, 0.1) is 0 Å². The first kappa shape index (κ1) is 18.5. The fourth-order valence-electron chi connectivity index (χ4n) is 3.87. The molecule has 0 aliphatic carbocycles. The number of hydrogen-bond acceptors (Lipinski definition) is 5. The number of ether oxygens (including phenoxy) is 1. The summed E-state index contributed by atoms with van der Waals surface area (Å²) >= 11 is 0. The summed E-state index contributed by atoms with van der Waals surface area (Å²) in [5.74, 6) is 0.967. The molecule has 4 aromatic rings. The molecule has 0 radical (unpaired) electrons. The lowest BCUT2D eigenvalue weighted by atomic mass is 9.94. The number of aliphatic imine (C=N–C) groups is 1. The minimum absolute atomic E-state index is 0.0931. The van der Waals surface area contributed by atoms with Gasteiger partial charge in [0, 0.05) is 47.7 Å². The molecule has 1 aliphatic rings. The average molecular weight is 394 g/mol. The molecule has 1 unspecified atom stereocenters. The minimum Gasteiger partial charge on any atom is -0.490 e. The van der Waals surface area contributed by atoms with E-state index in [-0.39, 0.29) is 12.0 Å². The second-order valence-electron chi connectivity index (χ2n) is 7.60. The summed E-state index contributed by atoms with van der Waals surface area (Å²) < 4.78 is 5.97. The molecule has 0 bridgehead atoms. The van der Waals surface area contributed by atoms with Crippen LogP contribution in [0.5, 0.6) is 5.75 Å². The molecule has 30 heavy (non-hydrogen) atoms. The Hall–Kier alpha value is -3.57. The topological polar surface area (TPSA) is 73.4 Å². The third-order valence-electron chi connectivity index (χ3n) is 5.44. The molecular formula is C25H22N4O. The fraction of sp³-hybridized carbons (Fsp3) is 0.160. The Balaban J connectivity index is 1.25. The van der Waals surface area contributed by atoms with Gasteiger partial charge in [-0.15, -0.1) is 0 Å². The molecule has 3 heterocycles. The van der Waals surface area contributed by atoms with E-state index in [0.717, 1.165) is 39.8 Å². The second-order valence-corrected chi connectivity index (χ2v) is 7.60. The van der Waals surface area contributed by atoms with Gasteiger partial charge in [-0.1, -0.05) is 30.3 Å². The first-order valence-corrected chi connectivity index (χ1v) is 10.1. The van der Waals surface area contributed by atoms with E-state index in [4.69, 9.17) is 10.5 Å². The van der Waals surface area contributed by atoms with E-state index in [1.807, 2.05) is 48.9 Å². The van der Waals surface area contributed by atoms with Gasteiger partial charge in [0.15, 0.2) is 0 Å². The molecule has 0 saturated heterocycles. The van der Waals surface area contributed by atoms with Crippen molar-refractivity contribution < 1.29 is 4.74 Å². The number of para-hydroxylation sites is 1. The largest absolute Gasteiger partial charge is 0.490 e. The normalized spacial score (nSPS) is 15.8. The highest BCUT2D eigenvalue weighted by Gasteiger charge is 2.21. The maximum atomic E-state index is 6.36. The number of hydrogen-bond donors (Lipinski definition) is 1. The standard InChI is InChI=1S/C25H22N4O/c26-22(10-21-14-29-25-4-2-1-3-24(21)25)16-30-23-11-20(13-28-15-23)17-5-6-19-12-27-8-7-18(19)9-17/h1-9,11-15,21-22H,10,16,26H2/t21?,22-/m0/s1. The molecule has 1 aliphatic heterocycles. The van der Waals surface area contributed by atoms with Gasteiger partial charge in [-0.2, -0.15) is 0 Å². The van der Waals surface area contributed by atoms with Crippen LogP contribution in [0.3, 0.4) is 0 Å². The van der Waals surface area contributed by atoms with E-state index in [0.29, 0.717) is 6.61 Å². The van der Waals surface area contributed by atoms with E-state index in [2.05, 4.69) is 39.2 Å². The molecule has 0 fully saturated rings. The molecule has 5 heteroatoms. The van der Waals surface area contributed by atoms with Crippen molar-refractivity contribution in [1.29, 1.82) is 0 Å². The minimum atomic E-state index is -0.0931. The number of rotatable bonds is 6. The van der Waals surface area contributed by atoms with E-state index in [1.54, 1.807) is 12.4 Å². The maximum Gasteiger partial charge on any atom is 0.138 e. The van der Waals surface area contributed by atoms with Crippen LogP contribution in [0.4, 0.5) is 5.69 Å². The summed E-state index contributed by atoms with van der Waals surface area (Å²) in [6, 6.07) is 18.4. The SMILES string of the molecule is N[C@H](COc1cncc(-c2ccc3cnccc3c2)c1)CC1C=Nc2ccccc21. The van der Waals surface area contributed by atoms with Crippen molar-refractivity contribution in [2.75, 3.05) is 6.61 Å². The van der Waals surface area contributed by atoms with Crippen LogP contribution in [-0.4, -0.2) is 28.8 Å². The molecule has 0 saturated carbocycles. The van der Waals surface area contributed by atoms with E-state index in [1.165, 1.54) is 5.56 Å². The van der Waals surface area contributed by atoms with Crippen molar-refractivity contribution in [3.05, 3.63) is 84.9 Å². The summed E-state index contributed by atoms with van der Waals surface area (Å²) in [7, 11) is 0. The van der Waals surface area contributed by atoms with Crippen molar-refractivity contribution in [1.82, 2.24) is 9.97 Å². The maximum absolute atomic E-state index is 6.36. The highest BCUT2D eigenvalue weighted by Crippen LogP contribution is 2.34. The Morgan fingerprint density at radius 2 is 1.83 bits per heavy atom. The van der Waals surface area contributed by atoms with Gasteiger partial charge >= 0.3 is 0 Å². The third-order valence-corrected chi connectivity index (χ3v) is 5.44. The summed E-state index contributed by atoms with van der Waals surface area (Å²) in [5, 5.41) is 2.26. The Morgan fingerprint density at radius 3 is 2.80 bits per heavy atom. The van der Waals surface area contributed by atoms with Crippen molar-refractivity contribution in [2.45, 2.75) is 18.4 Å². The van der Waals surface area contributed by atoms with E-state index < -0.39 is 0 Å². The molecule has 2 aromatic heterocycles. The Morgan fingerprint density at radius 1 is 0.900 bits per heavy atom. The number of nitrogens with zero attached hydrogens (tertiary/aromatic N) is 3. The lowest BCUT2D eigenvalue weighted by Crippen LogP contribution is -2.29. The second kappa shape index (κ2) is 8.05. The van der Waals surface area contributed by atoms with Gasteiger partial charge in [-0.05, 0) is 47.2 Å². The number of fused-ring (bicyclic) bond motifs is 2. The highest BCUT2D eigenvalue weighted by molar-refractivity contribution is 5.86. The van der Waals surface area contributed by atoms with Gasteiger partial charge < -0.3 is 10.5 Å². The van der Waals surface area contributed by atoms with E-state index in [9.17, 15) is 0 Å². The molecule has 5 nitrogen and oxygen atoms in total. The molecule has 2 aromatic carbocycles. The molecular weight excluding hydrogens is 372 g/mol. The lowest BCUT2D eigenvalue weighted by molar-refractivity contribution is 0.280. The zero-order valence-electron chi connectivity index (χ0n) is 16.5. The molecule has 0 spiro atoms. The van der Waals surface area contributed by atoms with Crippen molar-refractivity contribution in [2.24, 2.45) is 10.7 Å². The zero-order valence-corrected chi connectivity index (χ0v) is 16.5. The smallest absolute Gasteiger partial charge is 0.138 e. The Kier molecular flexibility index (Phi) is 4.95. The predicted molar refractivity (Wildman–Crippen MR) is 120 cm³/mol. The first-order chi connectivity index (χ1) is 14.8. The van der Waals surface area contributed by atoms with Crippen LogP contribution in [0.1, 0.15) is 17.9 Å². The highest BCUT2D eigenvalue weighted by atomic mass is 16.5. The first-order valence-electron chi connectivity index (χ1n) is 10.1. The predicted octanol–water partition coefficient (Wildman–Crippen LogP) is 4.89. The van der Waals surface area contributed by atoms with Crippen LogP contribution < -0.4 is 10.5 Å². The van der Waals surface area contributed by atoms with Crippen molar-refractivity contribution in [3.63, 3.8) is 0 Å². The summed E-state index contributed by atoms with van der Waals surface area (Å²) in [5.41, 5.74) is 10.7. The number of benzene rings is 2. The van der Waals surface area contributed by atoms with Crippen LogP contribution in [-0.2, 0) is 0 Å². The van der Waals surface area contributed by atoms with E-state index >= 15 is 0 Å². The fourth-order valence-corrected chi connectivity index (χ4v) is 3.87. The third kappa shape index (κ3) is 3.80. The number of nitrogens with two attached hydrogens (primary N) is 1.